The standard InChI is InChI=1S/C26H31FN2O6S/c1-17-7-9-18(10-8-17)20-14-19-16-29(24(30)21(19)15-22(20)27)12-11-26(2,36(3,32)33)25(31)28-35-23-6-4-5-13-34-23/h7-10,14-15,23H,4-6,11-13,16H2,1-3H3,(H,28,31)/t23?,26-/m1/s1. The van der Waals surface area contributed by atoms with Crippen molar-refractivity contribution in [1.29, 1.82) is 0 Å². The average Bonchev–Trinajstić information content (AvgIpc) is 3.15. The zero-order chi connectivity index (χ0) is 26.1. The van der Waals surface area contributed by atoms with Gasteiger partial charge in [0.05, 0.1) is 0 Å². The Balaban J connectivity index is 1.47. The number of rotatable bonds is 8. The van der Waals surface area contributed by atoms with Crippen LogP contribution in [0.15, 0.2) is 36.4 Å². The Morgan fingerprint density at radius 2 is 1.94 bits per heavy atom. The summed E-state index contributed by atoms with van der Waals surface area (Å²) in [7, 11) is -3.88. The van der Waals surface area contributed by atoms with Gasteiger partial charge in [0.15, 0.2) is 20.9 Å². The van der Waals surface area contributed by atoms with Crippen molar-refractivity contribution in [2.45, 2.75) is 57.1 Å². The van der Waals surface area contributed by atoms with Crippen LogP contribution in [0.2, 0.25) is 0 Å². The van der Waals surface area contributed by atoms with Crippen LogP contribution in [0.5, 0.6) is 0 Å². The molecule has 4 rings (SSSR count). The first-order valence-electron chi connectivity index (χ1n) is 12.0. The maximum absolute atomic E-state index is 14.9. The molecule has 1 unspecified atom stereocenters. The molecule has 0 aromatic heterocycles. The molecule has 8 nitrogen and oxygen atoms in total. The Labute approximate surface area is 210 Å². The van der Waals surface area contributed by atoms with Crippen molar-refractivity contribution in [3.63, 3.8) is 0 Å². The topological polar surface area (TPSA) is 102 Å². The van der Waals surface area contributed by atoms with Gasteiger partial charge in [0.2, 0.25) is 0 Å². The number of halogens is 1. The highest BCUT2D eigenvalue weighted by Crippen LogP contribution is 2.32. The molecular formula is C26H31FN2O6S. The van der Waals surface area contributed by atoms with E-state index in [1.54, 1.807) is 6.07 Å². The Bertz CT molecular complexity index is 1260. The lowest BCUT2D eigenvalue weighted by Crippen LogP contribution is -2.52. The summed E-state index contributed by atoms with van der Waals surface area (Å²) >= 11 is 0. The van der Waals surface area contributed by atoms with Crippen LogP contribution in [0.25, 0.3) is 11.1 Å². The normalized spacial score (nSPS) is 19.6. The van der Waals surface area contributed by atoms with E-state index in [2.05, 4.69) is 5.48 Å². The molecule has 10 heteroatoms. The molecule has 2 aromatic rings. The number of sulfone groups is 1. The lowest BCUT2D eigenvalue weighted by molar-refractivity contribution is -0.201. The molecule has 0 spiro atoms. The molecule has 0 aliphatic carbocycles. The maximum Gasteiger partial charge on any atom is 0.264 e. The summed E-state index contributed by atoms with van der Waals surface area (Å²) in [6.45, 7) is 3.95. The van der Waals surface area contributed by atoms with E-state index in [0.717, 1.165) is 24.7 Å². The van der Waals surface area contributed by atoms with Gasteiger partial charge in [0, 0.05) is 43.5 Å². The molecule has 36 heavy (non-hydrogen) atoms. The maximum atomic E-state index is 14.9. The number of fused-ring (bicyclic) bond motifs is 1. The van der Waals surface area contributed by atoms with E-state index in [1.165, 1.54) is 17.9 Å². The number of nitrogens with one attached hydrogen (secondary N) is 1. The molecule has 2 aliphatic rings. The Kier molecular flexibility index (Phi) is 7.49. The number of ether oxygens (including phenoxy) is 1. The lowest BCUT2D eigenvalue weighted by Gasteiger charge is -2.29. The second kappa shape index (κ2) is 10.3. The molecule has 0 bridgehead atoms. The van der Waals surface area contributed by atoms with Gasteiger partial charge in [-0.3, -0.25) is 9.59 Å². The lowest BCUT2D eigenvalue weighted by atomic mass is 9.99. The fourth-order valence-corrected chi connectivity index (χ4v) is 5.22. The van der Waals surface area contributed by atoms with Crippen LogP contribution in [-0.4, -0.2) is 55.6 Å². The third-order valence-electron chi connectivity index (χ3n) is 7.01. The summed E-state index contributed by atoms with van der Waals surface area (Å²) in [5.41, 5.74) is 5.29. The van der Waals surface area contributed by atoms with Crippen LogP contribution in [0.4, 0.5) is 4.39 Å². The molecule has 2 aliphatic heterocycles. The summed E-state index contributed by atoms with van der Waals surface area (Å²) in [4.78, 5) is 32.6. The van der Waals surface area contributed by atoms with Crippen molar-refractivity contribution in [3.05, 3.63) is 58.9 Å². The van der Waals surface area contributed by atoms with E-state index < -0.39 is 38.5 Å². The number of benzene rings is 2. The Morgan fingerprint density at radius 3 is 2.58 bits per heavy atom. The fraction of sp³-hybridized carbons (Fsp3) is 0.462. The summed E-state index contributed by atoms with van der Waals surface area (Å²) in [6, 6.07) is 10.3. The van der Waals surface area contributed by atoms with Crippen molar-refractivity contribution in [1.82, 2.24) is 10.4 Å². The van der Waals surface area contributed by atoms with Crippen molar-refractivity contribution >= 4 is 21.7 Å². The van der Waals surface area contributed by atoms with Crippen LogP contribution in [0.3, 0.4) is 0 Å². The van der Waals surface area contributed by atoms with Gasteiger partial charge in [0.1, 0.15) is 5.82 Å². The number of hydroxylamine groups is 1. The van der Waals surface area contributed by atoms with Crippen molar-refractivity contribution < 1.29 is 32.0 Å². The number of nitrogens with zero attached hydrogens (tertiary/aromatic N) is 1. The second-order valence-corrected chi connectivity index (χ2v) is 12.1. The van der Waals surface area contributed by atoms with Gasteiger partial charge in [-0.2, -0.15) is 0 Å². The zero-order valence-corrected chi connectivity index (χ0v) is 21.5. The van der Waals surface area contributed by atoms with Crippen molar-refractivity contribution in [3.8, 4) is 11.1 Å². The van der Waals surface area contributed by atoms with Gasteiger partial charge < -0.3 is 9.64 Å². The monoisotopic (exact) mass is 518 g/mol. The van der Waals surface area contributed by atoms with E-state index in [0.29, 0.717) is 29.7 Å². The molecule has 1 N–H and O–H groups in total. The molecule has 194 valence electrons. The number of amides is 2. The minimum absolute atomic E-state index is 0.00802. The molecule has 1 saturated heterocycles. The first-order valence-corrected chi connectivity index (χ1v) is 13.8. The number of carbonyl (C=O) groups excluding carboxylic acids is 2. The number of hydrogen-bond acceptors (Lipinski definition) is 6. The van der Waals surface area contributed by atoms with Crippen LogP contribution in [-0.2, 0) is 30.8 Å². The van der Waals surface area contributed by atoms with E-state index in [4.69, 9.17) is 9.57 Å². The second-order valence-electron chi connectivity index (χ2n) is 9.68. The van der Waals surface area contributed by atoms with Gasteiger partial charge in [0.25, 0.3) is 11.8 Å². The molecular weight excluding hydrogens is 487 g/mol. The smallest absolute Gasteiger partial charge is 0.264 e. The molecule has 0 saturated carbocycles. The van der Waals surface area contributed by atoms with Gasteiger partial charge in [-0.15, -0.1) is 0 Å². The van der Waals surface area contributed by atoms with Crippen LogP contribution < -0.4 is 5.48 Å². The third kappa shape index (κ3) is 5.30. The molecule has 2 heterocycles. The highest BCUT2D eigenvalue weighted by Gasteiger charge is 2.45. The van der Waals surface area contributed by atoms with Crippen molar-refractivity contribution in [2.75, 3.05) is 19.4 Å². The summed E-state index contributed by atoms with van der Waals surface area (Å²) < 4.78 is 43.7. The number of aryl methyl sites for hydroxylation is 1. The SMILES string of the molecule is Cc1ccc(-c2cc3c(cc2F)C(=O)N(CC[C@](C)(C(=O)NOC2CCCCO2)S(C)(=O)=O)C3)cc1. The number of hydrogen-bond donors (Lipinski definition) is 1. The zero-order valence-electron chi connectivity index (χ0n) is 20.7. The fourth-order valence-electron chi connectivity index (χ4n) is 4.38. The summed E-state index contributed by atoms with van der Waals surface area (Å²) in [6.07, 6.45) is 2.58. The number of carbonyl (C=O) groups is 2. The van der Waals surface area contributed by atoms with Gasteiger partial charge in [-0.05, 0) is 56.4 Å². The largest absolute Gasteiger partial charge is 0.350 e. The van der Waals surface area contributed by atoms with Gasteiger partial charge in [-0.1, -0.05) is 29.8 Å². The van der Waals surface area contributed by atoms with Gasteiger partial charge in [-0.25, -0.2) is 23.1 Å². The average molecular weight is 519 g/mol. The van der Waals surface area contributed by atoms with E-state index in [-0.39, 0.29) is 25.1 Å². The van der Waals surface area contributed by atoms with Crippen LogP contribution in [0, 0.1) is 12.7 Å². The minimum Gasteiger partial charge on any atom is -0.350 e. The molecule has 2 amide bonds. The predicted octanol–water partition coefficient (Wildman–Crippen LogP) is 3.52. The minimum atomic E-state index is -3.88. The molecule has 2 aromatic carbocycles. The third-order valence-corrected chi connectivity index (χ3v) is 9.04. The highest BCUT2D eigenvalue weighted by molar-refractivity contribution is 7.92. The van der Waals surface area contributed by atoms with Gasteiger partial charge >= 0.3 is 0 Å². The van der Waals surface area contributed by atoms with Crippen LogP contribution in [0.1, 0.15) is 54.1 Å². The van der Waals surface area contributed by atoms with Crippen molar-refractivity contribution in [2.24, 2.45) is 0 Å². The predicted molar refractivity (Wildman–Crippen MR) is 132 cm³/mol. The van der Waals surface area contributed by atoms with Crippen LogP contribution >= 0.6 is 0 Å². The molecule has 0 radical (unpaired) electrons. The quantitative estimate of drug-likeness (QED) is 0.537. The van der Waals surface area contributed by atoms with E-state index in [9.17, 15) is 22.4 Å². The summed E-state index contributed by atoms with van der Waals surface area (Å²) in [5, 5.41) is 0. The molecule has 2 atom stereocenters. The highest BCUT2D eigenvalue weighted by atomic mass is 32.2. The van der Waals surface area contributed by atoms with E-state index in [1.807, 2.05) is 31.2 Å². The first kappa shape index (κ1) is 26.2. The first-order chi connectivity index (χ1) is 17.0. The Morgan fingerprint density at radius 1 is 1.22 bits per heavy atom. The summed E-state index contributed by atoms with van der Waals surface area (Å²) in [5.74, 6) is -1.73. The Hall–Kier alpha value is -2.82. The molecule has 1 fully saturated rings. The van der Waals surface area contributed by atoms with E-state index >= 15 is 0 Å².